The van der Waals surface area contributed by atoms with Gasteiger partial charge in [-0.15, -0.1) is 5.10 Å². The molecule has 3 aromatic rings. The van der Waals surface area contributed by atoms with Gasteiger partial charge in [0.1, 0.15) is 5.75 Å². The summed E-state index contributed by atoms with van der Waals surface area (Å²) in [6.07, 6.45) is 1.60. The first-order chi connectivity index (χ1) is 10.4. The Kier molecular flexibility index (Phi) is 3.89. The Balaban J connectivity index is 1.82. The second-order valence-corrected chi connectivity index (χ2v) is 4.56. The largest absolute Gasteiger partial charge is 0.437 e. The molecule has 0 spiro atoms. The summed E-state index contributed by atoms with van der Waals surface area (Å²) in [5.74, 6) is 1.16. The second kappa shape index (κ2) is 6.15. The van der Waals surface area contributed by atoms with Crippen LogP contribution in [0.5, 0.6) is 11.6 Å². The molecule has 0 atom stereocenters. The fraction of sp³-hybridized carbons (Fsp3) is 0.0588. The van der Waals surface area contributed by atoms with Crippen molar-refractivity contribution >= 4 is 0 Å². The molecule has 4 heteroatoms. The SMILES string of the molecule is NCc1ccnnc1Oc1ccc(-c2ccccc2)cc1. The fourth-order valence-corrected chi connectivity index (χ4v) is 2.04. The average Bonchev–Trinajstić information content (AvgIpc) is 2.57. The molecule has 3 rings (SSSR count). The second-order valence-electron chi connectivity index (χ2n) is 4.56. The van der Waals surface area contributed by atoms with Crippen molar-refractivity contribution in [1.29, 1.82) is 0 Å². The van der Waals surface area contributed by atoms with Crippen LogP contribution in [0.25, 0.3) is 11.1 Å². The number of hydrogen-bond acceptors (Lipinski definition) is 4. The predicted octanol–water partition coefficient (Wildman–Crippen LogP) is 3.39. The van der Waals surface area contributed by atoms with Gasteiger partial charge in [-0.2, -0.15) is 5.10 Å². The van der Waals surface area contributed by atoms with Crippen LogP contribution in [0.15, 0.2) is 66.9 Å². The minimum atomic E-state index is 0.368. The number of nitrogens with two attached hydrogens (primary N) is 1. The summed E-state index contributed by atoms with van der Waals surface area (Å²) >= 11 is 0. The highest BCUT2D eigenvalue weighted by atomic mass is 16.5. The van der Waals surface area contributed by atoms with Crippen LogP contribution in [-0.4, -0.2) is 10.2 Å². The van der Waals surface area contributed by atoms with Crippen molar-refractivity contribution in [2.45, 2.75) is 6.54 Å². The maximum Gasteiger partial charge on any atom is 0.243 e. The van der Waals surface area contributed by atoms with Crippen molar-refractivity contribution in [2.24, 2.45) is 5.73 Å². The van der Waals surface area contributed by atoms with Gasteiger partial charge in [-0.05, 0) is 29.3 Å². The maximum atomic E-state index is 5.74. The number of ether oxygens (including phenoxy) is 1. The third kappa shape index (κ3) is 3.07. The topological polar surface area (TPSA) is 61.0 Å². The number of aromatic nitrogens is 2. The summed E-state index contributed by atoms with van der Waals surface area (Å²) in [5, 5.41) is 7.80. The normalized spacial score (nSPS) is 10.3. The van der Waals surface area contributed by atoms with Crippen LogP contribution in [0.2, 0.25) is 0 Å². The molecule has 4 nitrogen and oxygen atoms in total. The van der Waals surface area contributed by atoms with E-state index in [1.807, 2.05) is 42.5 Å². The lowest BCUT2D eigenvalue weighted by Gasteiger charge is -2.08. The molecular weight excluding hydrogens is 262 g/mol. The summed E-state index contributed by atoms with van der Waals surface area (Å²) in [7, 11) is 0. The summed E-state index contributed by atoms with van der Waals surface area (Å²) in [5.41, 5.74) is 8.80. The molecule has 0 unspecified atom stereocenters. The van der Waals surface area contributed by atoms with Crippen LogP contribution in [0.1, 0.15) is 5.56 Å². The zero-order chi connectivity index (χ0) is 14.5. The molecule has 1 heterocycles. The van der Waals surface area contributed by atoms with Gasteiger partial charge in [0.15, 0.2) is 0 Å². The molecule has 21 heavy (non-hydrogen) atoms. The Morgan fingerprint density at radius 2 is 1.57 bits per heavy atom. The molecule has 0 aliphatic carbocycles. The molecule has 0 amide bonds. The molecule has 0 fully saturated rings. The van der Waals surface area contributed by atoms with E-state index in [-0.39, 0.29) is 0 Å². The van der Waals surface area contributed by atoms with Crippen molar-refractivity contribution < 1.29 is 4.74 Å². The minimum Gasteiger partial charge on any atom is -0.437 e. The number of benzene rings is 2. The Bertz CT molecular complexity index is 712. The van der Waals surface area contributed by atoms with Crippen LogP contribution < -0.4 is 10.5 Å². The number of hydrogen-bond donors (Lipinski definition) is 1. The lowest BCUT2D eigenvalue weighted by Crippen LogP contribution is -2.02. The molecule has 104 valence electrons. The maximum absolute atomic E-state index is 5.74. The first-order valence-electron chi connectivity index (χ1n) is 6.71. The van der Waals surface area contributed by atoms with Gasteiger partial charge in [0.05, 0.1) is 6.20 Å². The monoisotopic (exact) mass is 277 g/mol. The quantitative estimate of drug-likeness (QED) is 0.794. The highest BCUT2D eigenvalue weighted by Gasteiger charge is 2.05. The molecule has 0 saturated carbocycles. The van der Waals surface area contributed by atoms with Crippen molar-refractivity contribution in [3.63, 3.8) is 0 Å². The van der Waals surface area contributed by atoms with E-state index in [1.165, 1.54) is 5.56 Å². The number of rotatable bonds is 4. The lowest BCUT2D eigenvalue weighted by atomic mass is 10.1. The third-order valence-corrected chi connectivity index (χ3v) is 3.16. The molecule has 0 bridgehead atoms. The molecule has 1 aromatic heterocycles. The van der Waals surface area contributed by atoms with E-state index < -0.39 is 0 Å². The summed E-state index contributed by atoms with van der Waals surface area (Å²) in [4.78, 5) is 0. The van der Waals surface area contributed by atoms with Gasteiger partial charge in [0.25, 0.3) is 0 Å². The van der Waals surface area contributed by atoms with E-state index in [2.05, 4.69) is 22.3 Å². The first-order valence-corrected chi connectivity index (χ1v) is 6.71. The van der Waals surface area contributed by atoms with Crippen LogP contribution in [0.3, 0.4) is 0 Å². The highest BCUT2D eigenvalue weighted by Crippen LogP contribution is 2.25. The Labute approximate surface area is 123 Å². The highest BCUT2D eigenvalue weighted by molar-refractivity contribution is 5.64. The van der Waals surface area contributed by atoms with Crippen LogP contribution in [-0.2, 0) is 6.54 Å². The molecule has 0 aliphatic rings. The molecule has 2 N–H and O–H groups in total. The Hall–Kier alpha value is -2.72. The van der Waals surface area contributed by atoms with Crippen molar-refractivity contribution in [1.82, 2.24) is 10.2 Å². The van der Waals surface area contributed by atoms with Gasteiger partial charge < -0.3 is 10.5 Å². The van der Waals surface area contributed by atoms with E-state index in [0.29, 0.717) is 18.2 Å². The van der Waals surface area contributed by atoms with Crippen molar-refractivity contribution in [3.05, 3.63) is 72.4 Å². The first kappa shape index (κ1) is 13.3. The third-order valence-electron chi connectivity index (χ3n) is 3.16. The Morgan fingerprint density at radius 1 is 0.857 bits per heavy atom. The minimum absolute atomic E-state index is 0.368. The van der Waals surface area contributed by atoms with Gasteiger partial charge in [-0.3, -0.25) is 0 Å². The summed E-state index contributed by atoms with van der Waals surface area (Å²) in [6, 6.07) is 19.9. The lowest BCUT2D eigenvalue weighted by molar-refractivity contribution is 0.448. The molecule has 2 aromatic carbocycles. The van der Waals surface area contributed by atoms with E-state index in [9.17, 15) is 0 Å². The summed E-state index contributed by atoms with van der Waals surface area (Å²) < 4.78 is 5.74. The van der Waals surface area contributed by atoms with Gasteiger partial charge in [0.2, 0.25) is 5.88 Å². The summed E-state index contributed by atoms with van der Waals surface area (Å²) in [6.45, 7) is 0.368. The van der Waals surface area contributed by atoms with Gasteiger partial charge in [-0.1, -0.05) is 42.5 Å². The van der Waals surface area contributed by atoms with Crippen molar-refractivity contribution in [3.8, 4) is 22.8 Å². The number of nitrogens with zero attached hydrogens (tertiary/aromatic N) is 2. The Morgan fingerprint density at radius 3 is 2.29 bits per heavy atom. The molecule has 0 radical (unpaired) electrons. The van der Waals surface area contributed by atoms with E-state index in [0.717, 1.165) is 11.1 Å². The molecular formula is C17H15N3O. The van der Waals surface area contributed by atoms with Gasteiger partial charge in [0, 0.05) is 12.1 Å². The zero-order valence-electron chi connectivity index (χ0n) is 11.4. The molecule has 0 aliphatic heterocycles. The van der Waals surface area contributed by atoms with Crippen molar-refractivity contribution in [2.75, 3.05) is 0 Å². The van der Waals surface area contributed by atoms with E-state index in [1.54, 1.807) is 12.3 Å². The van der Waals surface area contributed by atoms with Gasteiger partial charge >= 0.3 is 0 Å². The van der Waals surface area contributed by atoms with E-state index >= 15 is 0 Å². The standard InChI is InChI=1S/C17H15N3O/c18-12-15-10-11-19-20-17(15)21-16-8-6-14(7-9-16)13-4-2-1-3-5-13/h1-11H,12,18H2. The average molecular weight is 277 g/mol. The predicted molar refractivity (Wildman–Crippen MR) is 81.9 cm³/mol. The smallest absolute Gasteiger partial charge is 0.243 e. The van der Waals surface area contributed by atoms with Gasteiger partial charge in [-0.25, -0.2) is 0 Å². The molecule has 0 saturated heterocycles. The fourth-order valence-electron chi connectivity index (χ4n) is 2.04. The van der Waals surface area contributed by atoms with Crippen LogP contribution in [0.4, 0.5) is 0 Å². The zero-order valence-corrected chi connectivity index (χ0v) is 11.4. The van der Waals surface area contributed by atoms with Crippen LogP contribution >= 0.6 is 0 Å². The van der Waals surface area contributed by atoms with Crippen LogP contribution in [0, 0.1) is 0 Å². The van der Waals surface area contributed by atoms with E-state index in [4.69, 9.17) is 10.5 Å².